The minimum Gasteiger partial charge on any atom is -0.480 e. The maximum Gasteiger partial charge on any atom is 0.326 e. The van der Waals surface area contributed by atoms with Gasteiger partial charge in [0.1, 0.15) is 6.04 Å². The Morgan fingerprint density at radius 1 is 1.24 bits per heavy atom. The Hall–Kier alpha value is -2.23. The highest BCUT2D eigenvalue weighted by atomic mass is 16.4. The van der Waals surface area contributed by atoms with Crippen molar-refractivity contribution < 1.29 is 14.3 Å². The summed E-state index contributed by atoms with van der Waals surface area (Å²) in [5.41, 5.74) is 0.971. The smallest absolute Gasteiger partial charge is 0.326 e. The number of nitrogens with one attached hydrogen (secondary N) is 1. The second-order valence-corrected chi connectivity index (χ2v) is 3.70. The van der Waals surface area contributed by atoms with Crippen molar-refractivity contribution in [1.82, 2.24) is 0 Å². The van der Waals surface area contributed by atoms with Crippen LogP contribution in [0.3, 0.4) is 0 Å². The summed E-state index contributed by atoms with van der Waals surface area (Å²) in [4.78, 5) is 11.1. The molecular formula is C13H13NO3. The lowest BCUT2D eigenvalue weighted by Gasteiger charge is -2.13. The molecule has 0 spiro atoms. The van der Waals surface area contributed by atoms with Crippen molar-refractivity contribution in [3.63, 3.8) is 0 Å². The van der Waals surface area contributed by atoms with Gasteiger partial charge in [-0.2, -0.15) is 0 Å². The molecule has 1 aromatic heterocycles. The van der Waals surface area contributed by atoms with E-state index in [9.17, 15) is 4.79 Å². The summed E-state index contributed by atoms with van der Waals surface area (Å²) in [5, 5.41) is 12.0. The lowest BCUT2D eigenvalue weighted by atomic mass is 10.1. The molecule has 0 amide bonds. The van der Waals surface area contributed by atoms with Crippen molar-refractivity contribution in [3.05, 3.63) is 54.3 Å². The largest absolute Gasteiger partial charge is 0.480 e. The number of carboxylic acid groups (broad SMARTS) is 1. The molecule has 0 aliphatic carbocycles. The van der Waals surface area contributed by atoms with Crippen molar-refractivity contribution >= 4 is 11.9 Å². The molecule has 0 unspecified atom stereocenters. The summed E-state index contributed by atoms with van der Waals surface area (Å²) in [6.07, 6.45) is 1.92. The van der Waals surface area contributed by atoms with Crippen LogP contribution in [0.25, 0.3) is 0 Å². The number of anilines is 1. The Morgan fingerprint density at radius 2 is 2.00 bits per heavy atom. The summed E-state index contributed by atoms with van der Waals surface area (Å²) in [5.74, 6) is -0.432. The summed E-state index contributed by atoms with van der Waals surface area (Å²) >= 11 is 0. The number of hydrogen-bond acceptors (Lipinski definition) is 3. The minimum absolute atomic E-state index is 0.414. The molecule has 4 heteroatoms. The lowest BCUT2D eigenvalue weighted by molar-refractivity contribution is -0.137. The fourth-order valence-electron chi connectivity index (χ4n) is 1.58. The van der Waals surface area contributed by atoms with E-state index in [1.54, 1.807) is 12.1 Å². The van der Waals surface area contributed by atoms with E-state index in [2.05, 4.69) is 5.32 Å². The van der Waals surface area contributed by atoms with E-state index in [1.165, 1.54) is 6.26 Å². The number of hydrogen-bond donors (Lipinski definition) is 2. The maximum absolute atomic E-state index is 11.1. The molecule has 88 valence electrons. The Labute approximate surface area is 98.9 Å². The van der Waals surface area contributed by atoms with Crippen LogP contribution in [0.2, 0.25) is 0 Å². The number of furan rings is 1. The number of carbonyl (C=O) groups is 1. The summed E-state index contributed by atoms with van der Waals surface area (Å²) in [7, 11) is 0. The van der Waals surface area contributed by atoms with Crippen molar-refractivity contribution in [3.8, 4) is 0 Å². The van der Waals surface area contributed by atoms with E-state index >= 15 is 0 Å². The standard InChI is InChI=1S/C13H13NO3/c15-13(16)11(14-12-7-4-8-17-12)9-10-5-2-1-3-6-10/h1-8,11,14H,9H2,(H,15,16)/t11-/m0/s1. The summed E-state index contributed by atoms with van der Waals surface area (Å²) < 4.78 is 5.08. The van der Waals surface area contributed by atoms with Crippen LogP contribution in [0.5, 0.6) is 0 Å². The van der Waals surface area contributed by atoms with Gasteiger partial charge in [-0.3, -0.25) is 0 Å². The molecule has 0 aliphatic heterocycles. The van der Waals surface area contributed by atoms with Gasteiger partial charge >= 0.3 is 5.97 Å². The third-order valence-corrected chi connectivity index (χ3v) is 2.42. The number of benzene rings is 1. The Balaban J connectivity index is 2.06. The first-order chi connectivity index (χ1) is 8.25. The third-order valence-electron chi connectivity index (χ3n) is 2.42. The van der Waals surface area contributed by atoms with Crippen LogP contribution < -0.4 is 5.32 Å². The van der Waals surface area contributed by atoms with Crippen molar-refractivity contribution in [2.45, 2.75) is 12.5 Å². The van der Waals surface area contributed by atoms with Crippen LogP contribution in [-0.2, 0) is 11.2 Å². The van der Waals surface area contributed by atoms with E-state index in [4.69, 9.17) is 9.52 Å². The van der Waals surface area contributed by atoms with Gasteiger partial charge < -0.3 is 14.8 Å². The average molecular weight is 231 g/mol. The van der Waals surface area contributed by atoms with Gasteiger partial charge in [0.25, 0.3) is 0 Å². The molecule has 17 heavy (non-hydrogen) atoms. The molecule has 0 saturated carbocycles. The number of carboxylic acids is 1. The molecule has 0 fully saturated rings. The highest BCUT2D eigenvalue weighted by molar-refractivity contribution is 5.77. The molecule has 4 nitrogen and oxygen atoms in total. The van der Waals surface area contributed by atoms with Crippen LogP contribution in [0.4, 0.5) is 5.88 Å². The topological polar surface area (TPSA) is 62.5 Å². The first kappa shape index (κ1) is 11.3. The maximum atomic E-state index is 11.1. The van der Waals surface area contributed by atoms with Gasteiger partial charge in [0, 0.05) is 12.5 Å². The first-order valence-electron chi connectivity index (χ1n) is 5.32. The Kier molecular flexibility index (Phi) is 3.45. The average Bonchev–Trinajstić information content (AvgIpc) is 2.82. The molecule has 2 N–H and O–H groups in total. The molecule has 1 atom stereocenters. The van der Waals surface area contributed by atoms with Crippen LogP contribution in [0.15, 0.2) is 53.1 Å². The van der Waals surface area contributed by atoms with Crippen LogP contribution in [0, 0.1) is 0 Å². The van der Waals surface area contributed by atoms with Crippen molar-refractivity contribution in [2.24, 2.45) is 0 Å². The summed E-state index contributed by atoms with van der Waals surface area (Å²) in [6.45, 7) is 0. The normalized spacial score (nSPS) is 12.0. The van der Waals surface area contributed by atoms with Gasteiger partial charge in [0.2, 0.25) is 0 Å². The van der Waals surface area contributed by atoms with E-state index in [-0.39, 0.29) is 0 Å². The van der Waals surface area contributed by atoms with Crippen molar-refractivity contribution in [2.75, 3.05) is 5.32 Å². The second kappa shape index (κ2) is 5.21. The third kappa shape index (κ3) is 3.11. The lowest BCUT2D eigenvalue weighted by Crippen LogP contribution is -2.31. The van der Waals surface area contributed by atoms with Crippen LogP contribution in [0.1, 0.15) is 5.56 Å². The zero-order valence-electron chi connectivity index (χ0n) is 9.17. The minimum atomic E-state index is -0.898. The monoisotopic (exact) mass is 231 g/mol. The van der Waals surface area contributed by atoms with Gasteiger partial charge in [-0.15, -0.1) is 0 Å². The quantitative estimate of drug-likeness (QED) is 0.829. The Morgan fingerprint density at radius 3 is 2.59 bits per heavy atom. The molecule has 0 aliphatic rings. The van der Waals surface area contributed by atoms with E-state index < -0.39 is 12.0 Å². The molecule has 2 aromatic rings. The van der Waals surface area contributed by atoms with Gasteiger partial charge in [0.05, 0.1) is 6.26 Å². The Bertz CT molecular complexity index is 465. The molecule has 0 bridgehead atoms. The second-order valence-electron chi connectivity index (χ2n) is 3.70. The van der Waals surface area contributed by atoms with E-state index in [1.807, 2.05) is 30.3 Å². The predicted molar refractivity (Wildman–Crippen MR) is 63.9 cm³/mol. The molecule has 0 saturated heterocycles. The first-order valence-corrected chi connectivity index (χ1v) is 5.32. The fourth-order valence-corrected chi connectivity index (χ4v) is 1.58. The number of aliphatic carboxylic acids is 1. The fraction of sp³-hybridized carbons (Fsp3) is 0.154. The highest BCUT2D eigenvalue weighted by Crippen LogP contribution is 2.12. The predicted octanol–water partition coefficient (Wildman–Crippen LogP) is 2.39. The molecule has 1 aromatic carbocycles. The SMILES string of the molecule is O=C(O)[C@H](Cc1ccccc1)Nc1ccco1. The van der Waals surface area contributed by atoms with Crippen LogP contribution >= 0.6 is 0 Å². The molecule has 0 radical (unpaired) electrons. The zero-order valence-corrected chi connectivity index (χ0v) is 9.17. The van der Waals surface area contributed by atoms with Crippen LogP contribution in [-0.4, -0.2) is 17.1 Å². The number of rotatable bonds is 5. The van der Waals surface area contributed by atoms with Gasteiger partial charge in [-0.25, -0.2) is 4.79 Å². The van der Waals surface area contributed by atoms with Gasteiger partial charge in [0.15, 0.2) is 5.88 Å². The summed E-state index contributed by atoms with van der Waals surface area (Å²) in [6, 6.07) is 12.2. The van der Waals surface area contributed by atoms with E-state index in [0.29, 0.717) is 12.3 Å². The highest BCUT2D eigenvalue weighted by Gasteiger charge is 2.18. The molecule has 1 heterocycles. The van der Waals surface area contributed by atoms with Gasteiger partial charge in [-0.05, 0) is 11.6 Å². The van der Waals surface area contributed by atoms with E-state index in [0.717, 1.165) is 5.56 Å². The van der Waals surface area contributed by atoms with Crippen molar-refractivity contribution in [1.29, 1.82) is 0 Å². The molecule has 2 rings (SSSR count). The zero-order chi connectivity index (χ0) is 12.1. The van der Waals surface area contributed by atoms with Gasteiger partial charge in [-0.1, -0.05) is 30.3 Å². The molecular weight excluding hydrogens is 218 g/mol.